The number of rotatable bonds is 3. The molecule has 0 radical (unpaired) electrons. The highest BCUT2D eigenvalue weighted by Crippen LogP contribution is 2.11. The molecule has 0 spiro atoms. The van der Waals surface area contributed by atoms with Gasteiger partial charge < -0.3 is 11.1 Å². The van der Waals surface area contributed by atoms with Crippen molar-refractivity contribution >= 4 is 0 Å². The van der Waals surface area contributed by atoms with Crippen LogP contribution in [0.5, 0.6) is 0 Å². The molecule has 3 N–H and O–H groups in total. The lowest BCUT2D eigenvalue weighted by atomic mass is 10.0. The Bertz CT molecular complexity index is 319. The van der Waals surface area contributed by atoms with Crippen molar-refractivity contribution in [1.29, 1.82) is 0 Å². The van der Waals surface area contributed by atoms with Crippen molar-refractivity contribution in [3.8, 4) is 0 Å². The fourth-order valence-electron chi connectivity index (χ4n) is 1.62. The Labute approximate surface area is 92.2 Å². The number of hydrogen-bond acceptors (Lipinski definition) is 2. The summed E-state index contributed by atoms with van der Waals surface area (Å²) in [6, 6.07) is 0.732. The Hall–Kier alpha value is -1.28. The highest BCUT2D eigenvalue weighted by Gasteiger charge is 2.09. The minimum Gasteiger partial charge on any atom is -0.398 e. The zero-order valence-electron chi connectivity index (χ0n) is 9.70. The van der Waals surface area contributed by atoms with E-state index in [1.165, 1.54) is 0 Å². The van der Waals surface area contributed by atoms with Crippen molar-refractivity contribution in [2.75, 3.05) is 0 Å². The lowest BCUT2D eigenvalue weighted by Gasteiger charge is -2.19. The fourth-order valence-corrected chi connectivity index (χ4v) is 1.62. The lowest BCUT2D eigenvalue weighted by Crippen LogP contribution is -2.34. The van der Waals surface area contributed by atoms with Crippen LogP contribution in [0, 0.1) is 0 Å². The zero-order chi connectivity index (χ0) is 11.3. The van der Waals surface area contributed by atoms with Gasteiger partial charge in [0.1, 0.15) is 0 Å². The van der Waals surface area contributed by atoms with Crippen molar-refractivity contribution < 1.29 is 0 Å². The van der Waals surface area contributed by atoms with Gasteiger partial charge in [-0.15, -0.1) is 0 Å². The minimum absolute atomic E-state index is 0.275. The Balaban J connectivity index is 2.85. The summed E-state index contributed by atoms with van der Waals surface area (Å²) in [6.07, 6.45) is 12.0. The van der Waals surface area contributed by atoms with Crippen LogP contribution < -0.4 is 11.1 Å². The molecular formula is C13H20N2. The Morgan fingerprint density at radius 3 is 2.20 bits per heavy atom. The summed E-state index contributed by atoms with van der Waals surface area (Å²) < 4.78 is 0. The number of hydrogen-bond donors (Lipinski definition) is 2. The lowest BCUT2D eigenvalue weighted by molar-refractivity contribution is 0.537. The molecule has 0 heterocycles. The molecule has 1 unspecified atom stereocenters. The number of nitrogens with two attached hydrogens (primary N) is 1. The van der Waals surface area contributed by atoms with Gasteiger partial charge in [0, 0.05) is 17.8 Å². The molecule has 0 aromatic rings. The summed E-state index contributed by atoms with van der Waals surface area (Å²) in [4.78, 5) is 0. The molecule has 1 atom stereocenters. The summed E-state index contributed by atoms with van der Waals surface area (Å²) in [5.41, 5.74) is 7.97. The van der Waals surface area contributed by atoms with Gasteiger partial charge in [-0.3, -0.25) is 0 Å². The van der Waals surface area contributed by atoms with Gasteiger partial charge in [0.15, 0.2) is 0 Å². The van der Waals surface area contributed by atoms with E-state index in [-0.39, 0.29) is 6.04 Å². The Morgan fingerprint density at radius 2 is 1.60 bits per heavy atom. The van der Waals surface area contributed by atoms with Gasteiger partial charge in [-0.2, -0.15) is 0 Å². The van der Waals surface area contributed by atoms with Crippen LogP contribution in [-0.4, -0.2) is 12.1 Å². The molecule has 0 aliphatic heterocycles. The molecule has 2 heteroatoms. The maximum Gasteiger partial charge on any atom is 0.0362 e. The minimum atomic E-state index is 0.275. The standard InChI is InChI=1S/C13H20N2/c1-10(2)15-11(3)12-8-6-4-5-7-9-13(12)14/h4-11,15H,14H2,1-3H3/b5-4-,6-4?,7-5?,8-6?,9-7-,12-8?,13-9?,13-12?. The van der Waals surface area contributed by atoms with Crippen LogP contribution in [0.2, 0.25) is 0 Å². The molecule has 15 heavy (non-hydrogen) atoms. The topological polar surface area (TPSA) is 38.0 Å². The molecule has 2 nitrogen and oxygen atoms in total. The van der Waals surface area contributed by atoms with Crippen LogP contribution in [0.25, 0.3) is 0 Å². The quantitative estimate of drug-likeness (QED) is 0.740. The van der Waals surface area contributed by atoms with E-state index in [1.807, 2.05) is 30.4 Å². The third-order valence-corrected chi connectivity index (χ3v) is 2.27. The van der Waals surface area contributed by atoms with Crippen LogP contribution in [0.1, 0.15) is 20.8 Å². The number of nitrogens with one attached hydrogen (secondary N) is 1. The highest BCUT2D eigenvalue weighted by molar-refractivity contribution is 5.39. The fraction of sp³-hybridized carbons (Fsp3) is 0.385. The summed E-state index contributed by atoms with van der Waals surface area (Å²) >= 11 is 0. The van der Waals surface area contributed by atoms with E-state index in [1.54, 1.807) is 0 Å². The van der Waals surface area contributed by atoms with Gasteiger partial charge in [-0.25, -0.2) is 0 Å². The molecule has 1 aliphatic rings. The monoisotopic (exact) mass is 204 g/mol. The predicted molar refractivity (Wildman–Crippen MR) is 66.4 cm³/mol. The molecular weight excluding hydrogens is 184 g/mol. The Morgan fingerprint density at radius 1 is 1.00 bits per heavy atom. The summed E-state index contributed by atoms with van der Waals surface area (Å²) in [5.74, 6) is 0. The molecule has 0 aromatic heterocycles. The normalized spacial score (nSPS) is 22.4. The second kappa shape index (κ2) is 5.56. The van der Waals surface area contributed by atoms with Gasteiger partial charge in [-0.05, 0) is 18.6 Å². The summed E-state index contributed by atoms with van der Waals surface area (Å²) in [7, 11) is 0. The molecule has 0 fully saturated rings. The predicted octanol–water partition coefficient (Wildman–Crippen LogP) is 2.27. The molecule has 0 amide bonds. The second-order valence-corrected chi connectivity index (χ2v) is 4.06. The van der Waals surface area contributed by atoms with Crippen LogP contribution >= 0.6 is 0 Å². The molecule has 0 saturated heterocycles. The molecule has 82 valence electrons. The van der Waals surface area contributed by atoms with Crippen molar-refractivity contribution in [3.63, 3.8) is 0 Å². The van der Waals surface area contributed by atoms with E-state index in [0.29, 0.717) is 6.04 Å². The van der Waals surface area contributed by atoms with Crippen molar-refractivity contribution in [2.24, 2.45) is 5.73 Å². The molecule has 0 bridgehead atoms. The average molecular weight is 204 g/mol. The van der Waals surface area contributed by atoms with Crippen LogP contribution in [0.15, 0.2) is 47.7 Å². The van der Waals surface area contributed by atoms with Gasteiger partial charge in [0.2, 0.25) is 0 Å². The van der Waals surface area contributed by atoms with Gasteiger partial charge in [0.25, 0.3) is 0 Å². The maximum absolute atomic E-state index is 5.99. The van der Waals surface area contributed by atoms with Crippen molar-refractivity contribution in [3.05, 3.63) is 47.7 Å². The molecule has 1 aliphatic carbocycles. The summed E-state index contributed by atoms with van der Waals surface area (Å²) in [6.45, 7) is 6.40. The van der Waals surface area contributed by atoms with E-state index >= 15 is 0 Å². The van der Waals surface area contributed by atoms with Crippen LogP contribution in [0.3, 0.4) is 0 Å². The molecule has 0 aromatic carbocycles. The smallest absolute Gasteiger partial charge is 0.0362 e. The first-order chi connectivity index (χ1) is 7.11. The largest absolute Gasteiger partial charge is 0.398 e. The number of allylic oxidation sites excluding steroid dienone is 5. The van der Waals surface area contributed by atoms with Crippen molar-refractivity contribution in [2.45, 2.75) is 32.9 Å². The van der Waals surface area contributed by atoms with Gasteiger partial charge in [-0.1, -0.05) is 44.2 Å². The van der Waals surface area contributed by atoms with E-state index in [2.05, 4.69) is 32.2 Å². The first-order valence-corrected chi connectivity index (χ1v) is 5.38. The first-order valence-electron chi connectivity index (χ1n) is 5.38. The van der Waals surface area contributed by atoms with Crippen LogP contribution in [-0.2, 0) is 0 Å². The second-order valence-electron chi connectivity index (χ2n) is 4.06. The van der Waals surface area contributed by atoms with Crippen molar-refractivity contribution in [1.82, 2.24) is 5.32 Å². The van der Waals surface area contributed by atoms with E-state index < -0.39 is 0 Å². The van der Waals surface area contributed by atoms with E-state index in [0.717, 1.165) is 11.3 Å². The van der Waals surface area contributed by atoms with E-state index in [4.69, 9.17) is 5.73 Å². The first kappa shape index (κ1) is 11.8. The van der Waals surface area contributed by atoms with Gasteiger partial charge in [0.05, 0.1) is 0 Å². The van der Waals surface area contributed by atoms with Gasteiger partial charge >= 0.3 is 0 Å². The Kier molecular flexibility index (Phi) is 4.37. The summed E-state index contributed by atoms with van der Waals surface area (Å²) in [5, 5.41) is 3.44. The molecule has 1 rings (SSSR count). The third kappa shape index (κ3) is 3.76. The van der Waals surface area contributed by atoms with Crippen LogP contribution in [0.4, 0.5) is 0 Å². The SMILES string of the molecule is CC(C)NC(C)C1=C(N)/C=C\C=C/C=C1. The highest BCUT2D eigenvalue weighted by atomic mass is 14.9. The maximum atomic E-state index is 5.99. The average Bonchev–Trinajstić information content (AvgIpc) is 2.10. The van der Waals surface area contributed by atoms with E-state index in [9.17, 15) is 0 Å². The zero-order valence-corrected chi connectivity index (χ0v) is 9.70. The third-order valence-electron chi connectivity index (χ3n) is 2.27. The molecule has 0 saturated carbocycles.